The van der Waals surface area contributed by atoms with E-state index < -0.39 is 12.1 Å². The van der Waals surface area contributed by atoms with Crippen LogP contribution >= 0.6 is 0 Å². The first-order valence-corrected chi connectivity index (χ1v) is 9.20. The van der Waals surface area contributed by atoms with Crippen molar-refractivity contribution < 1.29 is 19.1 Å². The van der Waals surface area contributed by atoms with Crippen molar-refractivity contribution >= 4 is 11.9 Å². The highest BCUT2D eigenvalue weighted by Gasteiger charge is 2.23. The van der Waals surface area contributed by atoms with E-state index >= 15 is 0 Å². The molecule has 1 N–H and O–H groups in total. The second kappa shape index (κ2) is 9.44. The molecule has 25 heavy (non-hydrogen) atoms. The Labute approximate surface area is 150 Å². The Hall–Kier alpha value is -2.04. The Morgan fingerprint density at radius 3 is 2.56 bits per heavy atom. The number of hydrogen-bond donors (Lipinski definition) is 1. The lowest BCUT2D eigenvalue weighted by atomic mass is 9.95. The molecular formula is C20H29NO4. The molecule has 2 rings (SSSR count). The van der Waals surface area contributed by atoms with E-state index in [4.69, 9.17) is 9.47 Å². The maximum Gasteiger partial charge on any atom is 0.339 e. The SMILES string of the molecule is CC(C)COc1cccc(C(=O)OC(C)C(=O)NC2CCCCC2)c1. The van der Waals surface area contributed by atoms with Crippen molar-refractivity contribution in [2.45, 2.75) is 65.0 Å². The molecule has 1 atom stereocenters. The molecule has 0 aromatic heterocycles. The third-order valence-electron chi connectivity index (χ3n) is 4.26. The first-order chi connectivity index (χ1) is 12.0. The lowest BCUT2D eigenvalue weighted by Crippen LogP contribution is -2.42. The first kappa shape index (κ1) is 19.3. The van der Waals surface area contributed by atoms with Crippen LogP contribution in [0, 0.1) is 5.92 Å². The second-order valence-electron chi connectivity index (χ2n) is 7.12. The summed E-state index contributed by atoms with van der Waals surface area (Å²) in [5, 5.41) is 2.98. The van der Waals surface area contributed by atoms with Crippen molar-refractivity contribution in [1.29, 1.82) is 0 Å². The fourth-order valence-electron chi connectivity index (χ4n) is 2.82. The summed E-state index contributed by atoms with van der Waals surface area (Å²) < 4.78 is 10.9. The number of nitrogens with one attached hydrogen (secondary N) is 1. The standard InChI is InChI=1S/C20H29NO4/c1-14(2)13-24-18-11-7-8-16(12-18)20(23)25-15(3)19(22)21-17-9-5-4-6-10-17/h7-8,11-12,14-15,17H,4-6,9-10,13H2,1-3H3,(H,21,22). The minimum atomic E-state index is -0.810. The van der Waals surface area contributed by atoms with Gasteiger partial charge in [-0.25, -0.2) is 4.79 Å². The van der Waals surface area contributed by atoms with Gasteiger partial charge in [0, 0.05) is 6.04 Å². The molecule has 1 fully saturated rings. The highest BCUT2D eigenvalue weighted by molar-refractivity contribution is 5.92. The van der Waals surface area contributed by atoms with Crippen LogP contribution in [0.25, 0.3) is 0 Å². The number of carbonyl (C=O) groups is 2. The summed E-state index contributed by atoms with van der Waals surface area (Å²) in [6.07, 6.45) is 4.70. The van der Waals surface area contributed by atoms with Gasteiger partial charge in [-0.05, 0) is 43.9 Å². The van der Waals surface area contributed by atoms with Crippen molar-refractivity contribution in [1.82, 2.24) is 5.32 Å². The summed E-state index contributed by atoms with van der Waals surface area (Å²) in [4.78, 5) is 24.5. The Morgan fingerprint density at radius 1 is 1.16 bits per heavy atom. The molecule has 0 bridgehead atoms. The van der Waals surface area contributed by atoms with Crippen molar-refractivity contribution in [3.8, 4) is 5.75 Å². The van der Waals surface area contributed by atoms with Gasteiger partial charge in [0.15, 0.2) is 6.10 Å². The summed E-state index contributed by atoms with van der Waals surface area (Å²) in [5.41, 5.74) is 0.388. The molecule has 0 saturated heterocycles. The topological polar surface area (TPSA) is 64.6 Å². The fraction of sp³-hybridized carbons (Fsp3) is 0.600. The van der Waals surface area contributed by atoms with Crippen LogP contribution in [-0.2, 0) is 9.53 Å². The van der Waals surface area contributed by atoms with Crippen LogP contribution in [0.15, 0.2) is 24.3 Å². The molecule has 5 heteroatoms. The summed E-state index contributed by atoms with van der Waals surface area (Å²) in [5.74, 6) is 0.287. The number of benzene rings is 1. The monoisotopic (exact) mass is 347 g/mol. The summed E-state index contributed by atoms with van der Waals surface area (Å²) in [6.45, 7) is 6.31. The molecule has 1 unspecified atom stereocenters. The van der Waals surface area contributed by atoms with Crippen molar-refractivity contribution in [3.63, 3.8) is 0 Å². The van der Waals surface area contributed by atoms with Crippen LogP contribution in [-0.4, -0.2) is 30.6 Å². The van der Waals surface area contributed by atoms with Crippen LogP contribution in [0.2, 0.25) is 0 Å². The highest BCUT2D eigenvalue weighted by atomic mass is 16.5. The number of carbonyl (C=O) groups excluding carboxylic acids is 2. The summed E-state index contributed by atoms with van der Waals surface area (Å²) >= 11 is 0. The van der Waals surface area contributed by atoms with Gasteiger partial charge in [0.05, 0.1) is 12.2 Å². The minimum absolute atomic E-state index is 0.204. The van der Waals surface area contributed by atoms with E-state index in [0.29, 0.717) is 23.8 Å². The molecule has 0 radical (unpaired) electrons. The average Bonchev–Trinajstić information content (AvgIpc) is 2.61. The van der Waals surface area contributed by atoms with Gasteiger partial charge in [-0.2, -0.15) is 0 Å². The molecule has 0 heterocycles. The van der Waals surface area contributed by atoms with Crippen LogP contribution < -0.4 is 10.1 Å². The van der Waals surface area contributed by atoms with E-state index in [1.54, 1.807) is 31.2 Å². The Kier molecular flexibility index (Phi) is 7.29. The molecule has 1 aromatic rings. The number of amides is 1. The first-order valence-electron chi connectivity index (χ1n) is 9.20. The molecule has 1 saturated carbocycles. The van der Waals surface area contributed by atoms with Crippen LogP contribution in [0.3, 0.4) is 0 Å². The van der Waals surface area contributed by atoms with E-state index in [2.05, 4.69) is 19.2 Å². The zero-order valence-electron chi connectivity index (χ0n) is 15.4. The van der Waals surface area contributed by atoms with Gasteiger partial charge < -0.3 is 14.8 Å². The van der Waals surface area contributed by atoms with Gasteiger partial charge in [-0.3, -0.25) is 4.79 Å². The molecule has 1 aliphatic rings. The molecule has 0 spiro atoms. The molecule has 5 nitrogen and oxygen atoms in total. The van der Waals surface area contributed by atoms with E-state index in [1.165, 1.54) is 6.42 Å². The average molecular weight is 347 g/mol. The van der Waals surface area contributed by atoms with Gasteiger partial charge in [0.25, 0.3) is 5.91 Å². The quantitative estimate of drug-likeness (QED) is 0.764. The second-order valence-corrected chi connectivity index (χ2v) is 7.12. The largest absolute Gasteiger partial charge is 0.493 e. The van der Waals surface area contributed by atoms with Crippen LogP contribution in [0.5, 0.6) is 5.75 Å². The van der Waals surface area contributed by atoms with Gasteiger partial charge in [0.2, 0.25) is 0 Å². The van der Waals surface area contributed by atoms with E-state index in [9.17, 15) is 9.59 Å². The van der Waals surface area contributed by atoms with Gasteiger partial charge in [-0.1, -0.05) is 39.2 Å². The zero-order chi connectivity index (χ0) is 18.2. The maximum absolute atomic E-state index is 12.3. The highest BCUT2D eigenvalue weighted by Crippen LogP contribution is 2.18. The van der Waals surface area contributed by atoms with Gasteiger partial charge in [-0.15, -0.1) is 0 Å². The van der Waals surface area contributed by atoms with Gasteiger partial charge >= 0.3 is 5.97 Å². The van der Waals surface area contributed by atoms with Crippen molar-refractivity contribution in [2.75, 3.05) is 6.61 Å². The Morgan fingerprint density at radius 2 is 1.88 bits per heavy atom. The van der Waals surface area contributed by atoms with Crippen LogP contribution in [0.4, 0.5) is 0 Å². The normalized spacial score (nSPS) is 16.3. The van der Waals surface area contributed by atoms with E-state index in [1.807, 2.05) is 0 Å². The lowest BCUT2D eigenvalue weighted by molar-refractivity contribution is -0.130. The van der Waals surface area contributed by atoms with E-state index in [0.717, 1.165) is 25.7 Å². The summed E-state index contributed by atoms with van der Waals surface area (Å²) in [6, 6.07) is 7.07. The smallest absolute Gasteiger partial charge is 0.339 e. The molecule has 1 aliphatic carbocycles. The number of ether oxygens (including phenoxy) is 2. The van der Waals surface area contributed by atoms with Crippen molar-refractivity contribution in [3.05, 3.63) is 29.8 Å². The Bertz CT molecular complexity index is 579. The summed E-state index contributed by atoms with van der Waals surface area (Å²) in [7, 11) is 0. The number of esters is 1. The van der Waals surface area contributed by atoms with E-state index in [-0.39, 0.29) is 11.9 Å². The minimum Gasteiger partial charge on any atom is -0.493 e. The molecule has 138 valence electrons. The van der Waals surface area contributed by atoms with Gasteiger partial charge in [0.1, 0.15) is 5.75 Å². The predicted molar refractivity (Wildman–Crippen MR) is 96.7 cm³/mol. The van der Waals surface area contributed by atoms with Crippen LogP contribution in [0.1, 0.15) is 63.2 Å². The molecule has 1 amide bonds. The number of hydrogen-bond acceptors (Lipinski definition) is 4. The zero-order valence-corrected chi connectivity index (χ0v) is 15.4. The molecular weight excluding hydrogens is 318 g/mol. The molecule has 1 aromatic carbocycles. The third-order valence-corrected chi connectivity index (χ3v) is 4.26. The molecule has 0 aliphatic heterocycles. The third kappa shape index (κ3) is 6.40. The maximum atomic E-state index is 12.3. The predicted octanol–water partition coefficient (Wildman–Crippen LogP) is 3.72. The fourth-order valence-corrected chi connectivity index (χ4v) is 2.82. The lowest BCUT2D eigenvalue weighted by Gasteiger charge is -2.24. The van der Waals surface area contributed by atoms with Crippen molar-refractivity contribution in [2.24, 2.45) is 5.92 Å². The number of rotatable bonds is 7. The Balaban J connectivity index is 1.87.